The van der Waals surface area contributed by atoms with E-state index in [1.165, 1.54) is 34.4 Å². The molecule has 8 atom stereocenters. The average Bonchev–Trinajstić information content (AvgIpc) is 4.20. The van der Waals surface area contributed by atoms with Gasteiger partial charge in [-0.15, -0.1) is 0 Å². The second kappa shape index (κ2) is 25.6. The van der Waals surface area contributed by atoms with Crippen molar-refractivity contribution in [2.24, 2.45) is 45.8 Å². The molecule has 5 N–H and O–H groups in total. The number of halogens is 2. The highest BCUT2D eigenvalue weighted by Gasteiger charge is 2.84. The Hall–Kier alpha value is -5.08. The van der Waals surface area contributed by atoms with E-state index >= 15 is 0 Å². The second-order valence-electron chi connectivity index (χ2n) is 21.7. The van der Waals surface area contributed by atoms with E-state index in [4.69, 9.17) is 4.74 Å². The van der Waals surface area contributed by atoms with Gasteiger partial charge >= 0.3 is 5.97 Å². The summed E-state index contributed by atoms with van der Waals surface area (Å²) in [7, 11) is 0. The van der Waals surface area contributed by atoms with Gasteiger partial charge in [0.25, 0.3) is 0 Å². The first kappa shape index (κ1) is 56.6. The molecule has 0 saturated heterocycles. The number of amides is 3. The molecule has 4 aliphatic carbocycles. The first-order valence-electron chi connectivity index (χ1n) is 26.9. The van der Waals surface area contributed by atoms with Crippen LogP contribution in [0.1, 0.15) is 128 Å². The van der Waals surface area contributed by atoms with E-state index in [0.717, 1.165) is 87.5 Å². The minimum absolute atomic E-state index is 0.00217. The lowest BCUT2D eigenvalue weighted by molar-refractivity contribution is -0.186. The minimum Gasteiger partial charge on any atom is -0.481 e. The summed E-state index contributed by atoms with van der Waals surface area (Å²) in [5.41, 5.74) is -3.72. The van der Waals surface area contributed by atoms with E-state index in [-0.39, 0.29) is 54.1 Å². The van der Waals surface area contributed by atoms with Gasteiger partial charge < -0.3 is 35.7 Å². The number of carbonyl (C=O) groups is 5. The van der Waals surface area contributed by atoms with Gasteiger partial charge in [0.05, 0.1) is 30.9 Å². The molecule has 406 valence electrons. The maximum Gasteiger partial charge on any atom is 0.315 e. The number of thioether (sulfide) groups is 1. The summed E-state index contributed by atoms with van der Waals surface area (Å²) in [6, 6.07) is 3.01. The van der Waals surface area contributed by atoms with Crippen molar-refractivity contribution in [1.82, 2.24) is 45.5 Å². The molecule has 0 spiro atoms. The predicted octanol–water partition coefficient (Wildman–Crippen LogP) is 6.59. The number of hydrogen-bond acceptors (Lipinski definition) is 12. The molecule has 0 radical (unpaired) electrons. The number of benzene rings is 1. The van der Waals surface area contributed by atoms with Crippen LogP contribution in [0.4, 0.5) is 8.78 Å². The number of aldehydes is 1. The van der Waals surface area contributed by atoms with Crippen LogP contribution < -0.4 is 16.0 Å². The van der Waals surface area contributed by atoms with Gasteiger partial charge in [0.15, 0.2) is 5.82 Å². The summed E-state index contributed by atoms with van der Waals surface area (Å²) in [6.07, 6.45) is 18.9. The summed E-state index contributed by atoms with van der Waals surface area (Å²) >= 11 is 1.55. The van der Waals surface area contributed by atoms with Crippen LogP contribution in [-0.4, -0.2) is 114 Å². The Morgan fingerprint density at radius 1 is 0.905 bits per heavy atom. The van der Waals surface area contributed by atoms with Gasteiger partial charge in [-0.1, -0.05) is 57.7 Å². The molecule has 6 unspecified atom stereocenters. The maximum atomic E-state index is 14.8. The molecule has 74 heavy (non-hydrogen) atoms. The first-order valence-corrected chi connectivity index (χ1v) is 28.0. The van der Waals surface area contributed by atoms with Crippen LogP contribution in [-0.2, 0) is 53.8 Å². The summed E-state index contributed by atoms with van der Waals surface area (Å²) in [6.45, 7) is 8.48. The molecule has 4 bridgehead atoms. The molecule has 4 aliphatic rings. The number of allylic oxidation sites excluding steroid dienone is 1. The fourth-order valence-corrected chi connectivity index (χ4v) is 14.0. The standard InChI is InChI=1S/C54H77F2N9O8S/c1-37(2)44-25-39-27-51(32-66)42-18-16-38(3)41(42)28-52(39,54(44,51)50(70)71)33-73-23-12-24-74-29-49(69)60-21-10-5-7-14-47(67)58-20-9-4-6-15-48(68)59-22-11-8-13-46-61-36-65(63-46)31-53(72,30-64-35-57-34-62-64)43-19-17-40(55)26-45(43)56/h17,19,25-26,32,34-39,41-42,72H,4-16,18,20-24,27-31,33H2,1-3H3,(H,58,67)(H,59,68)(H,60,69)(H,70,71)/t38-,39?,41?,42?,51+,52?,53?,54?/m1/s1. The number of nitrogens with zero attached hydrogens (tertiary/aromatic N) is 6. The lowest BCUT2D eigenvalue weighted by Crippen LogP contribution is -2.63. The van der Waals surface area contributed by atoms with Crippen molar-refractivity contribution in [3.63, 3.8) is 0 Å². The Labute approximate surface area is 437 Å². The molecule has 3 aromatic rings. The van der Waals surface area contributed by atoms with Gasteiger partial charge in [-0.05, 0) is 106 Å². The SMILES string of the molecule is CC(C)C1=CC2C[C@]3(C=O)C4CC[C@@H](C)C4CC2(COCCCSCC(=O)NCCCCCC(=O)NCCCCCC(=O)NCCCCc2ncn(CC(O)(Cn4cncn4)c4ccc(F)cc4F)n2)C13C(=O)O. The number of unbranched alkanes of at least 4 members (excludes halogenated alkanes) is 5. The van der Waals surface area contributed by atoms with Crippen molar-refractivity contribution in [3.8, 4) is 0 Å². The van der Waals surface area contributed by atoms with Crippen molar-refractivity contribution in [2.45, 2.75) is 142 Å². The molecule has 20 heteroatoms. The smallest absolute Gasteiger partial charge is 0.315 e. The number of hydrogen-bond donors (Lipinski definition) is 5. The van der Waals surface area contributed by atoms with Crippen molar-refractivity contribution >= 4 is 41.7 Å². The van der Waals surface area contributed by atoms with Crippen LogP contribution in [0.2, 0.25) is 0 Å². The van der Waals surface area contributed by atoms with Crippen molar-refractivity contribution in [2.75, 3.05) is 44.4 Å². The van der Waals surface area contributed by atoms with Gasteiger partial charge in [-0.2, -0.15) is 22.0 Å². The van der Waals surface area contributed by atoms with E-state index < -0.39 is 39.4 Å². The third-order valence-corrected chi connectivity index (χ3v) is 17.6. The average molecular weight is 1050 g/mol. The maximum absolute atomic E-state index is 14.8. The highest BCUT2D eigenvalue weighted by molar-refractivity contribution is 7.99. The van der Waals surface area contributed by atoms with Crippen LogP contribution in [0.15, 0.2) is 48.8 Å². The Kier molecular flexibility index (Phi) is 19.6. The molecule has 1 aromatic carbocycles. The minimum atomic E-state index is -1.82. The number of aromatic nitrogens is 6. The van der Waals surface area contributed by atoms with Gasteiger partial charge in [0, 0.05) is 62.5 Å². The van der Waals surface area contributed by atoms with E-state index in [1.54, 1.807) is 11.8 Å². The van der Waals surface area contributed by atoms with Gasteiger partial charge in [-0.3, -0.25) is 19.2 Å². The van der Waals surface area contributed by atoms with E-state index in [9.17, 15) is 43.0 Å². The number of aliphatic hydroxyl groups is 1. The zero-order valence-electron chi connectivity index (χ0n) is 43.4. The van der Waals surface area contributed by atoms with E-state index in [2.05, 4.69) is 63.0 Å². The van der Waals surface area contributed by atoms with Crippen LogP contribution in [0.3, 0.4) is 0 Å². The Morgan fingerprint density at radius 2 is 1.59 bits per heavy atom. The summed E-state index contributed by atoms with van der Waals surface area (Å²) in [5.74, 6) is 0.00660. The van der Waals surface area contributed by atoms with E-state index in [1.807, 2.05) is 0 Å². The van der Waals surface area contributed by atoms with Crippen LogP contribution in [0, 0.1) is 57.5 Å². The number of aryl methyl sites for hydroxylation is 1. The summed E-state index contributed by atoms with van der Waals surface area (Å²) < 4.78 is 37.6. The first-order chi connectivity index (χ1) is 35.6. The molecular weight excluding hydrogens is 973 g/mol. The Balaban J connectivity index is 0.665. The number of carboxylic acids is 1. The molecule has 7 rings (SSSR count). The summed E-state index contributed by atoms with van der Waals surface area (Å²) in [5, 5.41) is 40.0. The highest BCUT2D eigenvalue weighted by Crippen LogP contribution is 2.82. The molecule has 2 aromatic heterocycles. The zero-order valence-corrected chi connectivity index (χ0v) is 44.2. The fraction of sp³-hybridized carbons (Fsp3) is 0.685. The number of nitrogens with one attached hydrogen (secondary N) is 3. The quantitative estimate of drug-likeness (QED) is 0.0247. The molecule has 0 aliphatic heterocycles. The Morgan fingerprint density at radius 3 is 2.24 bits per heavy atom. The van der Waals surface area contributed by atoms with Crippen molar-refractivity contribution < 1.29 is 47.7 Å². The van der Waals surface area contributed by atoms with Gasteiger partial charge in [-0.25, -0.2) is 28.1 Å². The third kappa shape index (κ3) is 12.4. The zero-order chi connectivity index (χ0) is 52.9. The van der Waals surface area contributed by atoms with Gasteiger partial charge in [0.2, 0.25) is 17.7 Å². The van der Waals surface area contributed by atoms with Crippen molar-refractivity contribution in [1.29, 1.82) is 0 Å². The molecule has 3 fully saturated rings. The van der Waals surface area contributed by atoms with E-state index in [0.29, 0.717) is 101 Å². The van der Waals surface area contributed by atoms with Crippen molar-refractivity contribution in [3.05, 3.63) is 71.9 Å². The van der Waals surface area contributed by atoms with Crippen LogP contribution >= 0.6 is 11.8 Å². The lowest BCUT2D eigenvalue weighted by atomic mass is 9.43. The molecule has 17 nitrogen and oxygen atoms in total. The predicted molar refractivity (Wildman–Crippen MR) is 274 cm³/mol. The number of aliphatic carboxylic acids is 1. The third-order valence-electron chi connectivity index (χ3n) is 16.6. The summed E-state index contributed by atoms with van der Waals surface area (Å²) in [4.78, 5) is 72.2. The second-order valence-corrected chi connectivity index (χ2v) is 22.8. The number of carboxylic acid groups (broad SMARTS) is 1. The molecule has 2 heterocycles. The number of rotatable bonds is 33. The highest BCUT2D eigenvalue weighted by atomic mass is 32.2. The monoisotopic (exact) mass is 1050 g/mol. The fourth-order valence-electron chi connectivity index (χ4n) is 13.3. The molecule has 3 amide bonds. The Bertz CT molecular complexity index is 2420. The van der Waals surface area contributed by atoms with Gasteiger partial charge in [0.1, 0.15) is 47.9 Å². The molecule has 3 saturated carbocycles. The van der Waals surface area contributed by atoms with Crippen LogP contribution in [0.5, 0.6) is 0 Å². The number of ether oxygens (including phenoxy) is 1. The lowest BCUT2D eigenvalue weighted by Gasteiger charge is -2.58. The van der Waals surface area contributed by atoms with Crippen LogP contribution in [0.25, 0.3) is 0 Å². The number of carbonyl (C=O) groups excluding carboxylic acids is 4. The number of fused-ring (bicyclic) bond motifs is 2. The molecular formula is C54H77F2N9O8S. The topological polar surface area (TPSA) is 233 Å². The normalized spacial score (nSPS) is 25.4. The largest absolute Gasteiger partial charge is 0.481 e.